The fraction of sp³-hybridized carbons (Fsp3) is 0.867. The molecular weight excluding hydrogens is 240 g/mol. The zero-order valence-electron chi connectivity index (χ0n) is 12.2. The highest BCUT2D eigenvalue weighted by Crippen LogP contribution is 2.25. The molecule has 4 heteroatoms. The van der Waals surface area contributed by atoms with Crippen molar-refractivity contribution in [2.24, 2.45) is 0 Å². The summed E-state index contributed by atoms with van der Waals surface area (Å²) >= 11 is 0. The first-order chi connectivity index (χ1) is 9.00. The van der Waals surface area contributed by atoms with Gasteiger partial charge in [0.1, 0.15) is 5.54 Å². The molecule has 2 aliphatic rings. The Kier molecular flexibility index (Phi) is 4.48. The molecule has 4 nitrogen and oxygen atoms in total. The molecule has 1 N–H and O–H groups in total. The molecule has 0 radical (unpaired) electrons. The number of carbonyl (C=O) groups is 2. The lowest BCUT2D eigenvalue weighted by Gasteiger charge is -2.36. The Hall–Kier alpha value is -1.06. The van der Waals surface area contributed by atoms with E-state index in [-0.39, 0.29) is 11.8 Å². The second-order valence-corrected chi connectivity index (χ2v) is 6.42. The first kappa shape index (κ1) is 14.4. The van der Waals surface area contributed by atoms with Crippen molar-refractivity contribution in [1.29, 1.82) is 0 Å². The maximum absolute atomic E-state index is 12.6. The van der Waals surface area contributed by atoms with E-state index in [0.717, 1.165) is 12.8 Å². The lowest BCUT2D eigenvalue weighted by atomic mass is 9.94. The molecule has 0 spiro atoms. The number of hydrogen-bond donors (Lipinski definition) is 1. The van der Waals surface area contributed by atoms with Crippen LogP contribution in [0.5, 0.6) is 0 Å². The van der Waals surface area contributed by atoms with Gasteiger partial charge in [0.2, 0.25) is 11.8 Å². The monoisotopic (exact) mass is 266 g/mol. The van der Waals surface area contributed by atoms with Gasteiger partial charge in [-0.1, -0.05) is 32.1 Å². The summed E-state index contributed by atoms with van der Waals surface area (Å²) in [5, 5.41) is 2.83. The minimum Gasteiger partial charge on any atom is -0.342 e. The zero-order valence-corrected chi connectivity index (χ0v) is 12.2. The molecule has 1 saturated heterocycles. The van der Waals surface area contributed by atoms with Crippen LogP contribution in [0, 0.1) is 0 Å². The molecule has 1 saturated carbocycles. The third kappa shape index (κ3) is 3.48. The first-order valence-electron chi connectivity index (χ1n) is 7.63. The van der Waals surface area contributed by atoms with Gasteiger partial charge in [0.15, 0.2) is 0 Å². The lowest BCUT2D eigenvalue weighted by molar-refractivity contribution is -0.139. The highest BCUT2D eigenvalue weighted by molar-refractivity contribution is 5.93. The normalized spacial score (nSPS) is 26.3. The molecule has 1 aliphatic carbocycles. The van der Waals surface area contributed by atoms with Crippen LogP contribution < -0.4 is 5.32 Å². The Balaban J connectivity index is 2.11. The van der Waals surface area contributed by atoms with E-state index in [0.29, 0.717) is 19.0 Å². The van der Waals surface area contributed by atoms with Crippen LogP contribution in [0.4, 0.5) is 0 Å². The molecule has 1 heterocycles. The van der Waals surface area contributed by atoms with Gasteiger partial charge in [-0.2, -0.15) is 0 Å². The van der Waals surface area contributed by atoms with Gasteiger partial charge in [-0.15, -0.1) is 0 Å². The molecule has 0 atom stereocenters. The number of hydrogen-bond acceptors (Lipinski definition) is 2. The standard InChI is InChI=1S/C15H26N2O2/c1-15(2)14(19)17(11-10-13(18)16-15)12-8-6-4-3-5-7-9-12/h12H,3-11H2,1-2H3,(H,16,18). The lowest BCUT2D eigenvalue weighted by Crippen LogP contribution is -2.55. The van der Waals surface area contributed by atoms with Crippen molar-refractivity contribution < 1.29 is 9.59 Å². The van der Waals surface area contributed by atoms with E-state index in [1.807, 2.05) is 18.7 Å². The van der Waals surface area contributed by atoms with Gasteiger partial charge < -0.3 is 10.2 Å². The summed E-state index contributed by atoms with van der Waals surface area (Å²) in [5.41, 5.74) is -0.754. The molecule has 0 unspecified atom stereocenters. The van der Waals surface area contributed by atoms with E-state index in [1.54, 1.807) is 0 Å². The quantitative estimate of drug-likeness (QED) is 0.791. The number of rotatable bonds is 1. The van der Waals surface area contributed by atoms with Crippen molar-refractivity contribution in [2.45, 2.75) is 76.8 Å². The Morgan fingerprint density at radius 1 is 1.05 bits per heavy atom. The molecule has 108 valence electrons. The van der Waals surface area contributed by atoms with Crippen LogP contribution in [0.2, 0.25) is 0 Å². The van der Waals surface area contributed by atoms with Crippen LogP contribution in [0.25, 0.3) is 0 Å². The summed E-state index contributed by atoms with van der Waals surface area (Å²) in [7, 11) is 0. The van der Waals surface area contributed by atoms with E-state index >= 15 is 0 Å². The summed E-state index contributed by atoms with van der Waals surface area (Å²) in [4.78, 5) is 26.3. The molecule has 1 aliphatic heterocycles. The van der Waals surface area contributed by atoms with Crippen LogP contribution >= 0.6 is 0 Å². The van der Waals surface area contributed by atoms with Crippen LogP contribution in [0.15, 0.2) is 0 Å². The fourth-order valence-corrected chi connectivity index (χ4v) is 3.24. The summed E-state index contributed by atoms with van der Waals surface area (Å²) in [6, 6.07) is 0.333. The topological polar surface area (TPSA) is 49.4 Å². The average molecular weight is 266 g/mol. The molecule has 0 aromatic rings. The maximum atomic E-state index is 12.6. The Morgan fingerprint density at radius 2 is 1.63 bits per heavy atom. The number of nitrogens with zero attached hydrogens (tertiary/aromatic N) is 1. The van der Waals surface area contributed by atoms with E-state index in [1.165, 1.54) is 32.1 Å². The summed E-state index contributed by atoms with van der Waals surface area (Å²) in [6.45, 7) is 4.21. The Morgan fingerprint density at radius 3 is 2.26 bits per heavy atom. The minimum atomic E-state index is -0.754. The summed E-state index contributed by atoms with van der Waals surface area (Å²) < 4.78 is 0. The van der Waals surface area contributed by atoms with Gasteiger partial charge in [-0.3, -0.25) is 9.59 Å². The average Bonchev–Trinajstić information content (AvgIpc) is 2.38. The van der Waals surface area contributed by atoms with Crippen molar-refractivity contribution in [2.75, 3.05) is 6.54 Å². The molecule has 0 bridgehead atoms. The van der Waals surface area contributed by atoms with E-state index in [2.05, 4.69) is 5.32 Å². The fourth-order valence-electron chi connectivity index (χ4n) is 3.24. The molecule has 2 rings (SSSR count). The van der Waals surface area contributed by atoms with E-state index < -0.39 is 5.54 Å². The van der Waals surface area contributed by atoms with Crippen LogP contribution in [-0.2, 0) is 9.59 Å². The third-order valence-corrected chi connectivity index (χ3v) is 4.34. The molecule has 19 heavy (non-hydrogen) atoms. The van der Waals surface area contributed by atoms with Gasteiger partial charge in [-0.25, -0.2) is 0 Å². The second-order valence-electron chi connectivity index (χ2n) is 6.42. The Bertz CT molecular complexity index is 344. The largest absolute Gasteiger partial charge is 0.342 e. The SMILES string of the molecule is CC1(C)NC(=O)CCN(C2CCCCCCC2)C1=O. The smallest absolute Gasteiger partial charge is 0.248 e. The predicted molar refractivity (Wildman–Crippen MR) is 74.7 cm³/mol. The van der Waals surface area contributed by atoms with Crippen LogP contribution in [-0.4, -0.2) is 34.8 Å². The highest BCUT2D eigenvalue weighted by atomic mass is 16.2. The molecule has 0 aromatic heterocycles. The van der Waals surface area contributed by atoms with Crippen molar-refractivity contribution in [1.82, 2.24) is 10.2 Å². The molecule has 2 fully saturated rings. The number of nitrogens with one attached hydrogen (secondary N) is 1. The van der Waals surface area contributed by atoms with Gasteiger partial charge in [0.25, 0.3) is 0 Å². The molecule has 0 aromatic carbocycles. The van der Waals surface area contributed by atoms with Gasteiger partial charge in [0.05, 0.1) is 0 Å². The van der Waals surface area contributed by atoms with Crippen molar-refractivity contribution in [3.63, 3.8) is 0 Å². The number of amides is 2. The summed E-state index contributed by atoms with van der Waals surface area (Å²) in [6.07, 6.45) is 8.91. The Labute approximate surface area is 115 Å². The van der Waals surface area contributed by atoms with Gasteiger partial charge >= 0.3 is 0 Å². The van der Waals surface area contributed by atoms with Crippen LogP contribution in [0.3, 0.4) is 0 Å². The van der Waals surface area contributed by atoms with Crippen LogP contribution in [0.1, 0.15) is 65.2 Å². The molecule has 2 amide bonds. The maximum Gasteiger partial charge on any atom is 0.248 e. The highest BCUT2D eigenvalue weighted by Gasteiger charge is 2.38. The predicted octanol–water partition coefficient (Wildman–Crippen LogP) is 2.23. The second kappa shape index (κ2) is 5.93. The van der Waals surface area contributed by atoms with E-state index in [4.69, 9.17) is 0 Å². The minimum absolute atomic E-state index is 0.00769. The first-order valence-corrected chi connectivity index (χ1v) is 7.63. The molecular formula is C15H26N2O2. The van der Waals surface area contributed by atoms with E-state index in [9.17, 15) is 9.59 Å². The zero-order chi connectivity index (χ0) is 13.9. The van der Waals surface area contributed by atoms with Crippen molar-refractivity contribution in [3.05, 3.63) is 0 Å². The van der Waals surface area contributed by atoms with Gasteiger partial charge in [0, 0.05) is 19.0 Å². The van der Waals surface area contributed by atoms with Gasteiger partial charge in [-0.05, 0) is 26.7 Å². The van der Waals surface area contributed by atoms with Crippen molar-refractivity contribution in [3.8, 4) is 0 Å². The number of carbonyl (C=O) groups excluding carboxylic acids is 2. The van der Waals surface area contributed by atoms with Crippen molar-refractivity contribution >= 4 is 11.8 Å². The summed E-state index contributed by atoms with van der Waals surface area (Å²) in [5.74, 6) is 0.0793. The third-order valence-electron chi connectivity index (χ3n) is 4.34.